The number of methoxy groups -OCH3 is 1. The lowest BCUT2D eigenvalue weighted by Gasteiger charge is -2.32. The molecule has 8 heteroatoms. The van der Waals surface area contributed by atoms with Gasteiger partial charge < -0.3 is 24.6 Å². The van der Waals surface area contributed by atoms with Crippen molar-refractivity contribution in [3.8, 4) is 5.75 Å². The molecule has 1 N–H and O–H groups in total. The van der Waals surface area contributed by atoms with E-state index in [0.717, 1.165) is 106 Å². The van der Waals surface area contributed by atoms with Crippen molar-refractivity contribution in [2.45, 2.75) is 63.4 Å². The highest BCUT2D eigenvalue weighted by atomic mass is 16.5. The second-order valence-corrected chi connectivity index (χ2v) is 12.2. The normalized spacial score (nSPS) is 25.2. The average Bonchev–Trinajstić information content (AvgIpc) is 3.60. The van der Waals surface area contributed by atoms with Gasteiger partial charge in [-0.2, -0.15) is 0 Å². The lowest BCUT2D eigenvalue weighted by molar-refractivity contribution is 0.0674. The number of piperidine rings is 2. The molecule has 0 bridgehead atoms. The molecule has 4 aliphatic heterocycles. The van der Waals surface area contributed by atoms with E-state index in [-0.39, 0.29) is 18.1 Å². The second kappa shape index (κ2) is 11.6. The maximum atomic E-state index is 13.0. The number of hydrogen-bond acceptors (Lipinski definition) is 7. The van der Waals surface area contributed by atoms with E-state index in [2.05, 4.69) is 51.5 Å². The molecule has 5 heterocycles. The van der Waals surface area contributed by atoms with Gasteiger partial charge in [-0.15, -0.1) is 0 Å². The molecule has 0 saturated carbocycles. The van der Waals surface area contributed by atoms with Gasteiger partial charge in [-0.25, -0.2) is 4.98 Å². The zero-order chi connectivity index (χ0) is 27.8. The quantitative estimate of drug-likeness (QED) is 0.468. The van der Waals surface area contributed by atoms with Gasteiger partial charge in [-0.1, -0.05) is 6.07 Å². The van der Waals surface area contributed by atoms with Crippen LogP contribution in [0, 0.1) is 0 Å². The maximum absolute atomic E-state index is 13.0. The fraction of sp³-hybridized carbons (Fsp3) is 0.515. The molecular formula is C33H41N5O3. The molecule has 1 aromatic heterocycles. The molecule has 8 nitrogen and oxygen atoms in total. The molecular weight excluding hydrogens is 514 g/mol. The van der Waals surface area contributed by atoms with Crippen LogP contribution in [0.3, 0.4) is 0 Å². The topological polar surface area (TPSA) is 70.2 Å². The molecule has 1 amide bonds. The van der Waals surface area contributed by atoms with E-state index in [9.17, 15) is 4.79 Å². The van der Waals surface area contributed by atoms with Crippen LogP contribution in [0.4, 0.5) is 5.82 Å². The Kier molecular flexibility index (Phi) is 7.54. The Morgan fingerprint density at radius 2 is 1.93 bits per heavy atom. The Bertz CT molecular complexity index is 1410. The summed E-state index contributed by atoms with van der Waals surface area (Å²) in [4.78, 5) is 24.8. The molecule has 0 radical (unpaired) electrons. The average molecular weight is 556 g/mol. The number of nitrogens with one attached hydrogen (secondary N) is 1. The number of fused-ring (bicyclic) bond motifs is 2. The van der Waals surface area contributed by atoms with Crippen LogP contribution in [-0.2, 0) is 17.8 Å². The summed E-state index contributed by atoms with van der Waals surface area (Å²) >= 11 is 0. The van der Waals surface area contributed by atoms with Gasteiger partial charge in [0.2, 0.25) is 0 Å². The SMILES string of the molecule is CO[C@H]1CCCN(c2ccc3cc(CN4CC[C@H](Oc5ccc6c(c5)CN(C5CCCNC5)C6=O)C4)ccc3n2)C1. The highest BCUT2D eigenvalue weighted by Crippen LogP contribution is 2.31. The van der Waals surface area contributed by atoms with Crippen molar-refractivity contribution in [1.29, 1.82) is 0 Å². The first-order valence-corrected chi connectivity index (χ1v) is 15.3. The summed E-state index contributed by atoms with van der Waals surface area (Å²) < 4.78 is 12.0. The number of ether oxygens (including phenoxy) is 2. The number of amides is 1. The van der Waals surface area contributed by atoms with Crippen LogP contribution in [0.5, 0.6) is 5.75 Å². The first-order chi connectivity index (χ1) is 20.1. The van der Waals surface area contributed by atoms with Crippen LogP contribution in [0.2, 0.25) is 0 Å². The van der Waals surface area contributed by atoms with E-state index in [0.29, 0.717) is 12.6 Å². The monoisotopic (exact) mass is 555 g/mol. The predicted octanol–water partition coefficient (Wildman–Crippen LogP) is 4.21. The molecule has 4 aliphatic rings. The number of carbonyl (C=O) groups is 1. The number of aromatic nitrogens is 1. The Labute approximate surface area is 242 Å². The van der Waals surface area contributed by atoms with Crippen LogP contribution in [-0.4, -0.2) is 85.3 Å². The largest absolute Gasteiger partial charge is 0.489 e. The van der Waals surface area contributed by atoms with E-state index in [1.807, 2.05) is 17.0 Å². The second-order valence-electron chi connectivity index (χ2n) is 12.2. The standard InChI is InChI=1S/C33H41N5O3/c1-40-28-5-3-14-37(22-28)32-11-7-24-16-23(6-10-31(24)35-32)19-36-15-12-29(21-36)41-27-8-9-30-25(17-27)20-38(33(30)39)26-4-2-13-34-18-26/h6-11,16-17,26,28-29,34H,2-5,12-15,18-22H2,1H3/t26?,28-,29-/m0/s1. The number of hydrogen-bond donors (Lipinski definition) is 1. The minimum absolute atomic E-state index is 0.161. The Hall–Kier alpha value is -3.20. The highest BCUT2D eigenvalue weighted by Gasteiger charge is 2.34. The first kappa shape index (κ1) is 26.7. The maximum Gasteiger partial charge on any atom is 0.254 e. The third-order valence-electron chi connectivity index (χ3n) is 9.33. The van der Waals surface area contributed by atoms with Crippen molar-refractivity contribution in [1.82, 2.24) is 20.1 Å². The third kappa shape index (κ3) is 5.65. The van der Waals surface area contributed by atoms with Crippen molar-refractivity contribution in [3.05, 3.63) is 65.2 Å². The fourth-order valence-corrected chi connectivity index (χ4v) is 7.05. The molecule has 3 saturated heterocycles. The molecule has 41 heavy (non-hydrogen) atoms. The fourth-order valence-electron chi connectivity index (χ4n) is 7.05. The van der Waals surface area contributed by atoms with Crippen LogP contribution in [0.15, 0.2) is 48.5 Å². The summed E-state index contributed by atoms with van der Waals surface area (Å²) in [6.45, 7) is 7.41. The number of likely N-dealkylation sites (tertiary alicyclic amines) is 1. The van der Waals surface area contributed by atoms with Crippen LogP contribution in [0.1, 0.15) is 53.6 Å². The Morgan fingerprint density at radius 1 is 0.976 bits per heavy atom. The molecule has 0 spiro atoms. The van der Waals surface area contributed by atoms with Gasteiger partial charge in [0, 0.05) is 69.9 Å². The number of carbonyl (C=O) groups excluding carboxylic acids is 1. The van der Waals surface area contributed by atoms with Crippen molar-refractivity contribution >= 4 is 22.6 Å². The van der Waals surface area contributed by atoms with Crippen molar-refractivity contribution < 1.29 is 14.3 Å². The molecule has 1 unspecified atom stereocenters. The third-order valence-corrected chi connectivity index (χ3v) is 9.33. The van der Waals surface area contributed by atoms with E-state index in [4.69, 9.17) is 14.5 Å². The van der Waals surface area contributed by atoms with E-state index >= 15 is 0 Å². The number of benzene rings is 2. The summed E-state index contributed by atoms with van der Waals surface area (Å²) in [5.74, 6) is 2.09. The molecule has 216 valence electrons. The van der Waals surface area contributed by atoms with Gasteiger partial charge in [-0.3, -0.25) is 9.69 Å². The molecule has 0 aliphatic carbocycles. The van der Waals surface area contributed by atoms with Gasteiger partial charge in [0.15, 0.2) is 0 Å². The molecule has 2 aromatic carbocycles. The van der Waals surface area contributed by atoms with E-state index in [1.165, 1.54) is 10.9 Å². The zero-order valence-corrected chi connectivity index (χ0v) is 24.1. The minimum Gasteiger partial charge on any atom is -0.489 e. The number of rotatable bonds is 7. The number of pyridine rings is 1. The Balaban J connectivity index is 0.952. The summed E-state index contributed by atoms with van der Waals surface area (Å²) in [6, 6.07) is 17.3. The summed E-state index contributed by atoms with van der Waals surface area (Å²) in [5.41, 5.74) is 4.28. The van der Waals surface area contributed by atoms with Crippen molar-refractivity contribution in [2.24, 2.45) is 0 Å². The summed E-state index contributed by atoms with van der Waals surface area (Å²) in [7, 11) is 1.80. The minimum atomic E-state index is 0.161. The summed E-state index contributed by atoms with van der Waals surface area (Å²) in [5, 5.41) is 4.62. The van der Waals surface area contributed by atoms with Gasteiger partial charge in [-0.05, 0) is 92.2 Å². The molecule has 3 aromatic rings. The smallest absolute Gasteiger partial charge is 0.254 e. The first-order valence-electron chi connectivity index (χ1n) is 15.3. The highest BCUT2D eigenvalue weighted by molar-refractivity contribution is 5.98. The zero-order valence-electron chi connectivity index (χ0n) is 24.1. The lowest BCUT2D eigenvalue weighted by atomic mass is 10.1. The lowest BCUT2D eigenvalue weighted by Crippen LogP contribution is -2.46. The molecule has 3 fully saturated rings. The Morgan fingerprint density at radius 3 is 2.80 bits per heavy atom. The number of nitrogens with zero attached hydrogens (tertiary/aromatic N) is 4. The van der Waals surface area contributed by atoms with E-state index in [1.54, 1.807) is 7.11 Å². The van der Waals surface area contributed by atoms with E-state index < -0.39 is 0 Å². The van der Waals surface area contributed by atoms with Gasteiger partial charge >= 0.3 is 0 Å². The predicted molar refractivity (Wildman–Crippen MR) is 161 cm³/mol. The molecule has 3 atom stereocenters. The van der Waals surface area contributed by atoms with Crippen LogP contribution in [0.25, 0.3) is 10.9 Å². The van der Waals surface area contributed by atoms with Crippen molar-refractivity contribution in [2.75, 3.05) is 51.3 Å². The van der Waals surface area contributed by atoms with Gasteiger partial charge in [0.1, 0.15) is 17.7 Å². The van der Waals surface area contributed by atoms with Crippen molar-refractivity contribution in [3.63, 3.8) is 0 Å². The van der Waals surface area contributed by atoms with Gasteiger partial charge in [0.05, 0.1) is 11.6 Å². The summed E-state index contributed by atoms with van der Waals surface area (Å²) in [6.07, 6.45) is 5.93. The number of anilines is 1. The molecule has 7 rings (SSSR count). The van der Waals surface area contributed by atoms with Crippen LogP contribution >= 0.6 is 0 Å². The van der Waals surface area contributed by atoms with Crippen LogP contribution < -0.4 is 15.0 Å². The van der Waals surface area contributed by atoms with Gasteiger partial charge in [0.25, 0.3) is 5.91 Å².